The lowest BCUT2D eigenvalue weighted by molar-refractivity contribution is 0.312. The lowest BCUT2D eigenvalue weighted by Gasteiger charge is -2.33. The molecule has 0 amide bonds. The largest absolute Gasteiger partial charge is 0.354 e. The van der Waals surface area contributed by atoms with Gasteiger partial charge in [-0.2, -0.15) is 0 Å². The van der Waals surface area contributed by atoms with Crippen LogP contribution in [0.4, 0.5) is 5.82 Å². The molecular weight excluding hydrogens is 396 g/mol. The van der Waals surface area contributed by atoms with Gasteiger partial charge >= 0.3 is 0 Å². The number of hydrogen-bond donors (Lipinski definition) is 0. The predicted octanol–water partition coefficient (Wildman–Crippen LogP) is 3.79. The molecule has 152 valence electrons. The lowest BCUT2D eigenvalue weighted by atomic mass is 10.1. The van der Waals surface area contributed by atoms with Gasteiger partial charge in [0.2, 0.25) is 0 Å². The predicted molar refractivity (Wildman–Crippen MR) is 120 cm³/mol. The second-order valence-corrected chi connectivity index (χ2v) is 8.11. The Hall–Kier alpha value is -2.96. The summed E-state index contributed by atoms with van der Waals surface area (Å²) in [5, 5.41) is 0.719. The van der Waals surface area contributed by atoms with Crippen LogP contribution in [0.5, 0.6) is 0 Å². The van der Waals surface area contributed by atoms with Crippen molar-refractivity contribution >= 4 is 23.1 Å². The van der Waals surface area contributed by atoms with Gasteiger partial charge < -0.3 is 14.2 Å². The van der Waals surface area contributed by atoms with Gasteiger partial charge in [-0.3, -0.25) is 0 Å². The van der Waals surface area contributed by atoms with E-state index in [0.717, 1.165) is 65.3 Å². The maximum atomic E-state index is 6.10. The normalized spacial score (nSPS) is 15.1. The topological polar surface area (TPSA) is 49.6 Å². The Kier molecular flexibility index (Phi) is 5.11. The van der Waals surface area contributed by atoms with Crippen LogP contribution in [0.1, 0.15) is 11.4 Å². The molecule has 0 aliphatic carbocycles. The van der Waals surface area contributed by atoms with E-state index < -0.39 is 0 Å². The SMILES string of the molecule is CN1CCN(c2cc(Cc3c(-c4ccc(Cl)cc4)nc4ccccn34)ncn2)CC1. The van der Waals surface area contributed by atoms with Gasteiger partial charge in [-0.1, -0.05) is 29.8 Å². The van der Waals surface area contributed by atoms with E-state index in [-0.39, 0.29) is 0 Å². The molecule has 1 fully saturated rings. The number of hydrogen-bond acceptors (Lipinski definition) is 5. The molecule has 0 unspecified atom stereocenters. The molecule has 1 aliphatic rings. The number of imidazole rings is 1. The van der Waals surface area contributed by atoms with Crippen LogP contribution in [0.15, 0.2) is 61.1 Å². The van der Waals surface area contributed by atoms with Gasteiger partial charge in [-0.15, -0.1) is 0 Å². The van der Waals surface area contributed by atoms with Crippen LogP contribution in [0, 0.1) is 0 Å². The molecule has 1 saturated heterocycles. The van der Waals surface area contributed by atoms with Crippen LogP contribution in [-0.4, -0.2) is 57.5 Å². The van der Waals surface area contributed by atoms with Crippen molar-refractivity contribution in [3.8, 4) is 11.3 Å². The van der Waals surface area contributed by atoms with Crippen molar-refractivity contribution in [3.05, 3.63) is 77.5 Å². The Balaban J connectivity index is 1.52. The van der Waals surface area contributed by atoms with Crippen molar-refractivity contribution in [1.82, 2.24) is 24.3 Å². The van der Waals surface area contributed by atoms with E-state index in [9.17, 15) is 0 Å². The molecule has 3 aromatic heterocycles. The van der Waals surface area contributed by atoms with Crippen LogP contribution in [0.2, 0.25) is 5.02 Å². The molecular formula is C23H23ClN6. The molecule has 7 heteroatoms. The zero-order valence-corrected chi connectivity index (χ0v) is 17.6. The number of pyridine rings is 1. The van der Waals surface area contributed by atoms with Gasteiger partial charge in [-0.05, 0) is 31.3 Å². The van der Waals surface area contributed by atoms with Gasteiger partial charge in [0.05, 0.1) is 17.1 Å². The van der Waals surface area contributed by atoms with Crippen molar-refractivity contribution in [2.75, 3.05) is 38.1 Å². The fourth-order valence-electron chi connectivity index (χ4n) is 3.92. The zero-order chi connectivity index (χ0) is 20.5. The second-order valence-electron chi connectivity index (χ2n) is 7.68. The van der Waals surface area contributed by atoms with Crippen LogP contribution in [-0.2, 0) is 6.42 Å². The Morgan fingerprint density at radius 3 is 2.57 bits per heavy atom. The third-order valence-electron chi connectivity index (χ3n) is 5.63. The molecule has 0 saturated carbocycles. The minimum atomic E-state index is 0.673. The number of aromatic nitrogens is 4. The van der Waals surface area contributed by atoms with Gasteiger partial charge in [0.15, 0.2) is 0 Å². The molecule has 0 bridgehead atoms. The number of benzene rings is 1. The van der Waals surface area contributed by atoms with Crippen LogP contribution >= 0.6 is 11.6 Å². The standard InChI is InChI=1S/C23H23ClN6/c1-28-10-12-29(13-11-28)22-15-19(25-16-26-22)14-20-23(17-5-7-18(24)8-6-17)27-21-4-2-3-9-30(20)21/h2-9,15-16H,10-14H2,1H3. The highest BCUT2D eigenvalue weighted by Gasteiger charge is 2.18. The van der Waals surface area contributed by atoms with E-state index in [1.165, 1.54) is 0 Å². The number of anilines is 1. The van der Waals surface area contributed by atoms with Crippen molar-refractivity contribution in [2.24, 2.45) is 0 Å². The van der Waals surface area contributed by atoms with Crippen LogP contribution < -0.4 is 4.90 Å². The number of likely N-dealkylation sites (N-methyl/N-ethyl adjacent to an activating group) is 1. The number of fused-ring (bicyclic) bond motifs is 1. The van der Waals surface area contributed by atoms with E-state index in [1.807, 2.05) is 42.5 Å². The molecule has 4 heterocycles. The smallest absolute Gasteiger partial charge is 0.137 e. The van der Waals surface area contributed by atoms with Crippen molar-refractivity contribution in [2.45, 2.75) is 6.42 Å². The second kappa shape index (κ2) is 8.05. The molecule has 6 nitrogen and oxygen atoms in total. The Bertz CT molecular complexity index is 1160. The number of halogens is 1. The zero-order valence-electron chi connectivity index (χ0n) is 16.9. The van der Waals surface area contributed by atoms with Gasteiger partial charge in [0.1, 0.15) is 17.8 Å². The van der Waals surface area contributed by atoms with Crippen molar-refractivity contribution in [1.29, 1.82) is 0 Å². The highest BCUT2D eigenvalue weighted by atomic mass is 35.5. The minimum absolute atomic E-state index is 0.673. The number of piperazine rings is 1. The first kappa shape index (κ1) is 19.0. The summed E-state index contributed by atoms with van der Waals surface area (Å²) in [7, 11) is 2.16. The molecule has 1 aliphatic heterocycles. The Morgan fingerprint density at radius 1 is 0.967 bits per heavy atom. The van der Waals surface area contributed by atoms with E-state index in [4.69, 9.17) is 16.6 Å². The molecule has 0 atom stereocenters. The van der Waals surface area contributed by atoms with E-state index >= 15 is 0 Å². The summed E-state index contributed by atoms with van der Waals surface area (Å²) in [5.41, 5.74) is 5.02. The first-order valence-corrected chi connectivity index (χ1v) is 10.5. The molecule has 0 N–H and O–H groups in total. The first-order valence-electron chi connectivity index (χ1n) is 10.1. The van der Waals surface area contributed by atoms with E-state index in [0.29, 0.717) is 6.42 Å². The Labute approximate surface area is 180 Å². The Morgan fingerprint density at radius 2 is 1.77 bits per heavy atom. The van der Waals surface area contributed by atoms with E-state index in [1.54, 1.807) is 6.33 Å². The highest BCUT2D eigenvalue weighted by molar-refractivity contribution is 6.30. The average molecular weight is 419 g/mol. The minimum Gasteiger partial charge on any atom is -0.354 e. The monoisotopic (exact) mass is 418 g/mol. The number of nitrogens with zero attached hydrogens (tertiary/aromatic N) is 6. The quantitative estimate of drug-likeness (QED) is 0.504. The fourth-order valence-corrected chi connectivity index (χ4v) is 4.04. The molecule has 1 aromatic carbocycles. The summed E-state index contributed by atoms with van der Waals surface area (Å²) < 4.78 is 2.14. The van der Waals surface area contributed by atoms with E-state index in [2.05, 4.69) is 43.5 Å². The average Bonchev–Trinajstić information content (AvgIpc) is 3.13. The number of rotatable bonds is 4. The van der Waals surface area contributed by atoms with Crippen molar-refractivity contribution < 1.29 is 0 Å². The summed E-state index contributed by atoms with van der Waals surface area (Å²) in [4.78, 5) is 18.7. The molecule has 0 spiro atoms. The summed E-state index contributed by atoms with van der Waals surface area (Å²) in [6, 6.07) is 16.0. The summed E-state index contributed by atoms with van der Waals surface area (Å²) in [5.74, 6) is 0.995. The summed E-state index contributed by atoms with van der Waals surface area (Å²) >= 11 is 6.10. The first-order chi connectivity index (χ1) is 14.7. The van der Waals surface area contributed by atoms with Crippen LogP contribution in [0.3, 0.4) is 0 Å². The third kappa shape index (κ3) is 3.76. The van der Waals surface area contributed by atoms with Gasteiger partial charge in [0, 0.05) is 55.4 Å². The summed E-state index contributed by atoms with van der Waals surface area (Å²) in [6.07, 6.45) is 4.40. The molecule has 4 aromatic rings. The van der Waals surface area contributed by atoms with Gasteiger partial charge in [-0.25, -0.2) is 15.0 Å². The lowest BCUT2D eigenvalue weighted by Crippen LogP contribution is -2.44. The molecule has 30 heavy (non-hydrogen) atoms. The summed E-state index contributed by atoms with van der Waals surface area (Å²) in [6.45, 7) is 4.07. The highest BCUT2D eigenvalue weighted by Crippen LogP contribution is 2.28. The van der Waals surface area contributed by atoms with Gasteiger partial charge in [0.25, 0.3) is 0 Å². The third-order valence-corrected chi connectivity index (χ3v) is 5.88. The maximum absolute atomic E-state index is 6.10. The molecule has 0 radical (unpaired) electrons. The van der Waals surface area contributed by atoms with Crippen molar-refractivity contribution in [3.63, 3.8) is 0 Å². The molecule has 5 rings (SSSR count). The fraction of sp³-hybridized carbons (Fsp3) is 0.261. The van der Waals surface area contributed by atoms with Crippen LogP contribution in [0.25, 0.3) is 16.9 Å². The maximum Gasteiger partial charge on any atom is 0.137 e.